The number of carbonyl (C=O) groups is 2. The van der Waals surface area contributed by atoms with Crippen molar-refractivity contribution in [2.24, 2.45) is 10.2 Å². The largest absolute Gasteiger partial charge is 0.493 e. The van der Waals surface area contributed by atoms with Gasteiger partial charge in [-0.1, -0.05) is 58.6 Å². The highest BCUT2D eigenvalue weighted by atomic mass is 35.5. The van der Waals surface area contributed by atoms with Crippen LogP contribution in [-0.2, 0) is 22.7 Å². The van der Waals surface area contributed by atoms with Gasteiger partial charge in [-0.15, -0.1) is 5.10 Å². The summed E-state index contributed by atoms with van der Waals surface area (Å²) in [5, 5.41) is 13.3. The van der Waals surface area contributed by atoms with Crippen LogP contribution >= 0.6 is 46.6 Å². The molecule has 0 spiro atoms. The molecule has 270 valence electrons. The van der Waals surface area contributed by atoms with Crippen molar-refractivity contribution in [3.63, 3.8) is 0 Å². The van der Waals surface area contributed by atoms with Crippen LogP contribution in [0.25, 0.3) is 6.08 Å². The summed E-state index contributed by atoms with van der Waals surface area (Å²) < 4.78 is 22.9. The lowest BCUT2D eigenvalue weighted by molar-refractivity contribution is -0.122. The number of ether oxygens (including phenoxy) is 3. The molecule has 0 atom stereocenters. The van der Waals surface area contributed by atoms with Crippen molar-refractivity contribution < 1.29 is 28.2 Å². The Kier molecular flexibility index (Phi) is 12.4. The Morgan fingerprint density at radius 1 is 0.925 bits per heavy atom. The third kappa shape index (κ3) is 10.0. The minimum Gasteiger partial charge on any atom is -0.493 e. The number of benzene rings is 4. The zero-order chi connectivity index (χ0) is 37.3. The normalized spacial score (nSPS) is 14.4. The van der Waals surface area contributed by atoms with Gasteiger partial charge >= 0.3 is 0 Å². The monoisotopic (exact) mass is 788 g/mol. The predicted molar refractivity (Wildman–Crippen MR) is 210 cm³/mol. The van der Waals surface area contributed by atoms with Crippen molar-refractivity contribution in [3.05, 3.63) is 145 Å². The molecule has 1 fully saturated rings. The number of rotatable bonds is 13. The first kappa shape index (κ1) is 37.6. The maximum absolute atomic E-state index is 13.8. The van der Waals surface area contributed by atoms with Crippen molar-refractivity contribution in [2.75, 3.05) is 19.0 Å². The van der Waals surface area contributed by atoms with E-state index in [1.165, 1.54) is 24.5 Å². The average Bonchev–Trinajstić information content (AvgIpc) is 3.76. The Labute approximate surface area is 325 Å². The van der Waals surface area contributed by atoms with Crippen LogP contribution in [0.15, 0.2) is 117 Å². The molecule has 4 aromatic carbocycles. The number of amidine groups is 1. The van der Waals surface area contributed by atoms with Crippen LogP contribution in [0.2, 0.25) is 15.1 Å². The van der Waals surface area contributed by atoms with Gasteiger partial charge in [-0.25, -0.2) is 0 Å². The first-order valence-electron chi connectivity index (χ1n) is 16.0. The molecule has 0 unspecified atom stereocenters. The van der Waals surface area contributed by atoms with Gasteiger partial charge in [-0.05, 0) is 103 Å². The van der Waals surface area contributed by atoms with E-state index in [4.69, 9.17) is 53.4 Å². The summed E-state index contributed by atoms with van der Waals surface area (Å²) in [5.74, 6) is 1.25. The molecular weight excluding hydrogens is 759 g/mol. The second-order valence-electron chi connectivity index (χ2n) is 11.5. The minimum absolute atomic E-state index is 0.125. The summed E-state index contributed by atoms with van der Waals surface area (Å²) in [4.78, 5) is 28.2. The first-order chi connectivity index (χ1) is 25.6. The Morgan fingerprint density at radius 3 is 2.45 bits per heavy atom. The standard InChI is InChI=1S/C39H31Cl3N4O6S/c1-24-5-11-30(12-6-24)44-37(47)23-52-33-14-10-28(40)17-27(33)18-36-38(48)46(21-31-4-3-15-50-31)39(53-36)45-43-20-25-7-13-34(35(16-25)49-2)51-22-26-8-9-29(41)19-32(26)42/h3-20H,21-23H2,1-2H3,(H,44,47)/b36-18-,43-20-,45-39+. The molecular formula is C39H31Cl3N4O6S. The van der Waals surface area contributed by atoms with Gasteiger partial charge in [0.15, 0.2) is 23.3 Å². The maximum Gasteiger partial charge on any atom is 0.267 e. The summed E-state index contributed by atoms with van der Waals surface area (Å²) in [6.07, 6.45) is 4.72. The smallest absolute Gasteiger partial charge is 0.267 e. The van der Waals surface area contributed by atoms with E-state index < -0.39 is 0 Å². The van der Waals surface area contributed by atoms with Gasteiger partial charge in [-0.3, -0.25) is 14.5 Å². The highest BCUT2D eigenvalue weighted by molar-refractivity contribution is 8.18. The van der Waals surface area contributed by atoms with Gasteiger partial charge < -0.3 is 23.9 Å². The predicted octanol–water partition coefficient (Wildman–Crippen LogP) is 9.66. The molecule has 0 bridgehead atoms. The summed E-state index contributed by atoms with van der Waals surface area (Å²) in [5.41, 5.74) is 3.69. The van der Waals surface area contributed by atoms with E-state index >= 15 is 0 Å². The molecule has 14 heteroatoms. The molecule has 1 N–H and O–H groups in total. The number of nitrogens with zero attached hydrogens (tertiary/aromatic N) is 3. The Bertz CT molecular complexity index is 2210. The maximum atomic E-state index is 13.8. The lowest BCUT2D eigenvalue weighted by atomic mass is 10.2. The molecule has 53 heavy (non-hydrogen) atoms. The number of amides is 2. The molecule has 2 heterocycles. The number of furan rings is 1. The van der Waals surface area contributed by atoms with Crippen molar-refractivity contribution in [1.82, 2.24) is 4.90 Å². The van der Waals surface area contributed by atoms with Gasteiger partial charge in [0, 0.05) is 31.9 Å². The van der Waals surface area contributed by atoms with E-state index in [9.17, 15) is 9.59 Å². The van der Waals surface area contributed by atoms with E-state index in [1.54, 1.807) is 72.8 Å². The molecule has 2 amide bonds. The van der Waals surface area contributed by atoms with Crippen molar-refractivity contribution in [2.45, 2.75) is 20.1 Å². The number of aryl methyl sites for hydroxylation is 1. The quantitative estimate of drug-likeness (QED) is 0.0718. The molecule has 0 aliphatic carbocycles. The fourth-order valence-corrected chi connectivity index (χ4v) is 6.55. The Morgan fingerprint density at radius 2 is 1.70 bits per heavy atom. The second kappa shape index (κ2) is 17.5. The van der Waals surface area contributed by atoms with Gasteiger partial charge in [0.2, 0.25) is 0 Å². The second-order valence-corrected chi connectivity index (χ2v) is 13.8. The molecule has 10 nitrogen and oxygen atoms in total. The summed E-state index contributed by atoms with van der Waals surface area (Å²) >= 11 is 19.8. The molecule has 1 aliphatic heterocycles. The number of hydrogen-bond donors (Lipinski definition) is 1. The zero-order valence-electron chi connectivity index (χ0n) is 28.3. The summed E-state index contributed by atoms with van der Waals surface area (Å²) in [6.45, 7) is 2.05. The van der Waals surface area contributed by atoms with Crippen LogP contribution in [0.3, 0.4) is 0 Å². The first-order valence-corrected chi connectivity index (χ1v) is 18.0. The lowest BCUT2D eigenvalue weighted by Crippen LogP contribution is -2.28. The number of nitrogens with one attached hydrogen (secondary N) is 1. The van der Waals surface area contributed by atoms with Crippen LogP contribution < -0.4 is 19.5 Å². The van der Waals surface area contributed by atoms with Gasteiger partial charge in [0.1, 0.15) is 18.1 Å². The number of hydrogen-bond acceptors (Lipinski definition) is 9. The number of thioether (sulfide) groups is 1. The van der Waals surface area contributed by atoms with E-state index in [2.05, 4.69) is 15.5 Å². The Balaban J connectivity index is 1.19. The van der Waals surface area contributed by atoms with Crippen LogP contribution in [0.4, 0.5) is 5.69 Å². The average molecular weight is 790 g/mol. The van der Waals surface area contributed by atoms with Gasteiger partial charge in [-0.2, -0.15) is 5.10 Å². The van der Waals surface area contributed by atoms with E-state index in [0.717, 1.165) is 22.9 Å². The Hall–Kier alpha value is -5.20. The molecule has 0 radical (unpaired) electrons. The van der Waals surface area contributed by atoms with Crippen LogP contribution in [0.1, 0.15) is 28.0 Å². The van der Waals surface area contributed by atoms with E-state index in [-0.39, 0.29) is 31.6 Å². The van der Waals surface area contributed by atoms with E-state index in [0.29, 0.717) is 65.0 Å². The fourth-order valence-electron chi connectivity index (χ4n) is 4.99. The number of anilines is 1. The highest BCUT2D eigenvalue weighted by Crippen LogP contribution is 2.36. The third-order valence-electron chi connectivity index (χ3n) is 7.67. The SMILES string of the molecule is COc1cc(/C=N\N=C2\S/C(=C\c3cc(Cl)ccc3OCC(=O)Nc3ccc(C)cc3)C(=O)N2Cc2ccco2)ccc1OCc1ccc(Cl)cc1Cl. The van der Waals surface area contributed by atoms with Crippen LogP contribution in [-0.4, -0.2) is 41.8 Å². The van der Waals surface area contributed by atoms with E-state index in [1.807, 2.05) is 31.2 Å². The van der Waals surface area contributed by atoms with Crippen molar-refractivity contribution in [3.8, 4) is 17.2 Å². The van der Waals surface area contributed by atoms with Crippen molar-refractivity contribution in [1.29, 1.82) is 0 Å². The molecule has 1 aromatic heterocycles. The third-order valence-corrected chi connectivity index (χ3v) is 9.49. The van der Waals surface area contributed by atoms with Gasteiger partial charge in [0.25, 0.3) is 11.8 Å². The van der Waals surface area contributed by atoms with Gasteiger partial charge in [0.05, 0.1) is 31.0 Å². The minimum atomic E-state index is -0.340. The van der Waals surface area contributed by atoms with Crippen LogP contribution in [0, 0.1) is 6.92 Å². The molecule has 1 aliphatic rings. The number of halogens is 3. The highest BCUT2D eigenvalue weighted by Gasteiger charge is 2.34. The van der Waals surface area contributed by atoms with Crippen molar-refractivity contribution >= 4 is 81.5 Å². The number of carbonyl (C=O) groups excluding carboxylic acids is 2. The molecule has 5 aromatic rings. The summed E-state index contributed by atoms with van der Waals surface area (Å²) in [7, 11) is 1.54. The number of methoxy groups -OCH3 is 1. The molecule has 1 saturated heterocycles. The fraction of sp³-hybridized carbons (Fsp3) is 0.128. The lowest BCUT2D eigenvalue weighted by Gasteiger charge is -2.13. The zero-order valence-corrected chi connectivity index (χ0v) is 31.4. The topological polar surface area (TPSA) is 115 Å². The molecule has 0 saturated carbocycles. The van der Waals surface area contributed by atoms with Crippen LogP contribution in [0.5, 0.6) is 17.2 Å². The summed E-state index contributed by atoms with van der Waals surface area (Å²) in [6, 6.07) is 26.4. The molecule has 6 rings (SSSR count).